The molecule has 32 heavy (non-hydrogen) atoms. The van der Waals surface area contributed by atoms with Crippen molar-refractivity contribution in [1.29, 1.82) is 0 Å². The molecule has 0 bridgehead atoms. The number of ether oxygens (including phenoxy) is 2. The van der Waals surface area contributed by atoms with Gasteiger partial charge in [0.25, 0.3) is 0 Å². The molecule has 1 amide bonds. The number of aromatic nitrogens is 2. The van der Waals surface area contributed by atoms with Crippen molar-refractivity contribution in [3.05, 3.63) is 66.0 Å². The highest BCUT2D eigenvalue weighted by Gasteiger charge is 2.54. The van der Waals surface area contributed by atoms with Gasteiger partial charge < -0.3 is 19.3 Å². The number of benzene rings is 2. The lowest BCUT2D eigenvalue weighted by molar-refractivity contribution is -0.118. The molecule has 162 valence electrons. The number of carbonyl (C=O) groups is 1. The van der Waals surface area contributed by atoms with Crippen molar-refractivity contribution in [3.8, 4) is 22.8 Å². The molecule has 0 atom stereocenters. The van der Waals surface area contributed by atoms with E-state index < -0.39 is 5.41 Å². The Morgan fingerprint density at radius 1 is 1.03 bits per heavy atom. The van der Waals surface area contributed by atoms with Crippen LogP contribution in [0, 0.1) is 6.92 Å². The molecule has 0 saturated heterocycles. The van der Waals surface area contributed by atoms with Gasteiger partial charge in [0.2, 0.25) is 5.91 Å². The molecule has 1 saturated carbocycles. The third-order valence-corrected chi connectivity index (χ3v) is 5.97. The topological polar surface area (TPSA) is 86.5 Å². The summed E-state index contributed by atoms with van der Waals surface area (Å²) >= 11 is 0. The molecule has 7 nitrogen and oxygen atoms in total. The fourth-order valence-corrected chi connectivity index (χ4v) is 3.96. The summed E-state index contributed by atoms with van der Waals surface area (Å²) in [6.07, 6.45) is 1.44. The van der Waals surface area contributed by atoms with Gasteiger partial charge in [-0.1, -0.05) is 11.2 Å². The van der Waals surface area contributed by atoms with E-state index in [0.717, 1.165) is 40.7 Å². The van der Waals surface area contributed by atoms with Gasteiger partial charge in [-0.2, -0.15) is 0 Å². The maximum Gasteiger partial charge on any atom is 0.236 e. The lowest BCUT2D eigenvalue weighted by Gasteiger charge is -2.14. The third-order valence-electron chi connectivity index (χ3n) is 5.97. The van der Waals surface area contributed by atoms with Gasteiger partial charge in [-0.05, 0) is 62.2 Å². The van der Waals surface area contributed by atoms with Crippen LogP contribution in [0.25, 0.3) is 22.2 Å². The lowest BCUT2D eigenvalue weighted by Crippen LogP contribution is -2.28. The number of amides is 1. The molecule has 2 aromatic carbocycles. The predicted molar refractivity (Wildman–Crippen MR) is 121 cm³/mol. The monoisotopic (exact) mass is 429 g/mol. The minimum Gasteiger partial charge on any atom is -0.493 e. The smallest absolute Gasteiger partial charge is 0.236 e. The van der Waals surface area contributed by atoms with E-state index >= 15 is 0 Å². The Labute approximate surface area is 185 Å². The molecule has 7 heteroatoms. The predicted octanol–water partition coefficient (Wildman–Crippen LogP) is 4.89. The summed E-state index contributed by atoms with van der Waals surface area (Å²) in [5.41, 5.74) is 3.28. The number of fused-ring (bicyclic) bond motifs is 1. The van der Waals surface area contributed by atoms with Crippen LogP contribution in [0.2, 0.25) is 0 Å². The summed E-state index contributed by atoms with van der Waals surface area (Å²) in [4.78, 5) is 17.8. The Bertz CT molecular complexity index is 1320. The second kappa shape index (κ2) is 7.67. The Morgan fingerprint density at radius 2 is 1.84 bits per heavy atom. The van der Waals surface area contributed by atoms with Crippen molar-refractivity contribution in [2.75, 3.05) is 19.5 Å². The molecule has 1 fully saturated rings. The first-order chi connectivity index (χ1) is 15.5. The first-order valence-corrected chi connectivity index (χ1v) is 10.4. The highest BCUT2D eigenvalue weighted by atomic mass is 16.5. The Balaban J connectivity index is 1.42. The Kier molecular flexibility index (Phi) is 4.81. The second-order valence-electron chi connectivity index (χ2n) is 8.01. The quantitative estimate of drug-likeness (QED) is 0.470. The van der Waals surface area contributed by atoms with Crippen molar-refractivity contribution in [3.63, 3.8) is 0 Å². The van der Waals surface area contributed by atoms with E-state index in [1.807, 2.05) is 61.5 Å². The van der Waals surface area contributed by atoms with Crippen LogP contribution in [0.4, 0.5) is 5.69 Å². The van der Waals surface area contributed by atoms with Gasteiger partial charge in [-0.25, -0.2) is 0 Å². The largest absolute Gasteiger partial charge is 0.493 e. The molecule has 0 aliphatic heterocycles. The number of nitrogens with zero attached hydrogens (tertiary/aromatic N) is 2. The molecular weight excluding hydrogens is 406 g/mol. The zero-order valence-corrected chi connectivity index (χ0v) is 18.1. The van der Waals surface area contributed by atoms with E-state index in [9.17, 15) is 4.79 Å². The van der Waals surface area contributed by atoms with Gasteiger partial charge in [0.15, 0.2) is 17.3 Å². The lowest BCUT2D eigenvalue weighted by atomic mass is 9.99. The van der Waals surface area contributed by atoms with E-state index in [4.69, 9.17) is 14.0 Å². The number of hydrogen-bond acceptors (Lipinski definition) is 6. The minimum atomic E-state index is -0.682. The van der Waals surface area contributed by atoms with Crippen LogP contribution in [-0.4, -0.2) is 30.3 Å². The van der Waals surface area contributed by atoms with Crippen LogP contribution < -0.4 is 14.8 Å². The summed E-state index contributed by atoms with van der Waals surface area (Å²) in [7, 11) is 3.17. The number of anilines is 1. The summed E-state index contributed by atoms with van der Waals surface area (Å²) in [6, 6.07) is 17.0. The van der Waals surface area contributed by atoms with E-state index in [1.165, 1.54) is 0 Å². The summed E-state index contributed by atoms with van der Waals surface area (Å²) in [5.74, 6) is 1.72. The maximum atomic E-state index is 13.3. The van der Waals surface area contributed by atoms with Crippen LogP contribution in [0.3, 0.4) is 0 Å². The fraction of sp³-hybridized carbons (Fsp3) is 0.240. The molecule has 0 spiro atoms. The summed E-state index contributed by atoms with van der Waals surface area (Å²) in [6.45, 7) is 1.95. The third kappa shape index (κ3) is 3.36. The van der Waals surface area contributed by atoms with Gasteiger partial charge in [0, 0.05) is 22.7 Å². The van der Waals surface area contributed by atoms with Gasteiger partial charge in [0.05, 0.1) is 36.5 Å². The van der Waals surface area contributed by atoms with E-state index in [2.05, 4.69) is 15.5 Å². The highest BCUT2D eigenvalue weighted by molar-refractivity contribution is 6.06. The van der Waals surface area contributed by atoms with E-state index in [1.54, 1.807) is 14.2 Å². The molecule has 1 N–H and O–H groups in total. The number of methoxy groups -OCH3 is 2. The van der Waals surface area contributed by atoms with Gasteiger partial charge in [-0.3, -0.25) is 9.78 Å². The minimum absolute atomic E-state index is 0.0854. The molecule has 0 radical (unpaired) electrons. The maximum absolute atomic E-state index is 13.3. The number of pyridine rings is 1. The molecule has 4 aromatic rings. The number of aryl methyl sites for hydroxylation is 1. The second-order valence-corrected chi connectivity index (χ2v) is 8.01. The van der Waals surface area contributed by atoms with Crippen LogP contribution in [0.1, 0.15) is 24.2 Å². The fourth-order valence-electron chi connectivity index (χ4n) is 3.96. The first kappa shape index (κ1) is 20.1. The highest BCUT2D eigenvalue weighted by Crippen LogP contribution is 2.49. The van der Waals surface area contributed by atoms with Crippen LogP contribution >= 0.6 is 0 Å². The zero-order chi connectivity index (χ0) is 22.3. The molecule has 5 rings (SSSR count). The number of nitrogens with one attached hydrogen (secondary N) is 1. The SMILES string of the molecule is COc1ccc(-c2cc(C3(C(=O)Nc4cccc5nc(C)ccc45)CC3)no2)cc1OC. The molecule has 1 aliphatic rings. The Morgan fingerprint density at radius 3 is 2.59 bits per heavy atom. The van der Waals surface area contributed by atoms with Crippen molar-refractivity contribution in [2.45, 2.75) is 25.2 Å². The first-order valence-electron chi connectivity index (χ1n) is 10.4. The van der Waals surface area contributed by atoms with Gasteiger partial charge in [0.1, 0.15) is 0 Å². The Hall–Kier alpha value is -3.87. The number of hydrogen-bond donors (Lipinski definition) is 1. The standard InChI is InChI=1S/C25H23N3O4/c1-15-7-9-17-18(26-15)5-4-6-19(17)27-24(29)25(11-12-25)23-14-21(32-28-23)16-8-10-20(30-2)22(13-16)31-3/h4-10,13-14H,11-12H2,1-3H3,(H,27,29). The summed E-state index contributed by atoms with van der Waals surface area (Å²) in [5, 5.41) is 8.24. The average Bonchev–Trinajstić information content (AvgIpc) is 3.48. The van der Waals surface area contributed by atoms with Crippen molar-refractivity contribution >= 4 is 22.5 Å². The van der Waals surface area contributed by atoms with Crippen molar-refractivity contribution in [1.82, 2.24) is 10.1 Å². The summed E-state index contributed by atoms with van der Waals surface area (Å²) < 4.78 is 16.3. The molecular formula is C25H23N3O4. The van der Waals surface area contributed by atoms with Crippen LogP contribution in [-0.2, 0) is 10.2 Å². The number of carbonyl (C=O) groups excluding carboxylic acids is 1. The van der Waals surface area contributed by atoms with E-state index in [-0.39, 0.29) is 5.91 Å². The van der Waals surface area contributed by atoms with Crippen molar-refractivity contribution in [2.24, 2.45) is 0 Å². The molecule has 1 aliphatic carbocycles. The van der Waals surface area contributed by atoms with Gasteiger partial charge >= 0.3 is 0 Å². The molecule has 2 aromatic heterocycles. The van der Waals surface area contributed by atoms with Crippen LogP contribution in [0.15, 0.2) is 59.1 Å². The molecule has 0 unspecified atom stereocenters. The zero-order valence-electron chi connectivity index (χ0n) is 18.1. The molecule has 2 heterocycles. The van der Waals surface area contributed by atoms with Crippen LogP contribution in [0.5, 0.6) is 11.5 Å². The van der Waals surface area contributed by atoms with Gasteiger partial charge in [-0.15, -0.1) is 0 Å². The average molecular weight is 429 g/mol. The van der Waals surface area contributed by atoms with Crippen molar-refractivity contribution < 1.29 is 18.8 Å². The number of rotatable bonds is 6. The van der Waals surface area contributed by atoms with E-state index in [0.29, 0.717) is 23.0 Å². The normalized spacial score (nSPS) is 14.2.